The molecule has 0 aliphatic rings. The van der Waals surface area contributed by atoms with Gasteiger partial charge in [-0.2, -0.15) is 5.10 Å². The summed E-state index contributed by atoms with van der Waals surface area (Å²) in [5.74, 6) is -0.154. The van der Waals surface area contributed by atoms with Crippen molar-refractivity contribution in [1.82, 2.24) is 9.78 Å². The van der Waals surface area contributed by atoms with Gasteiger partial charge in [-0.1, -0.05) is 47.0 Å². The predicted molar refractivity (Wildman–Crippen MR) is 98.0 cm³/mol. The molecule has 0 amide bonds. The highest BCUT2D eigenvalue weighted by molar-refractivity contribution is 6.37. The standard InChI is InChI=1S/C19H16Cl2N2O/c1-11-5-4-6-13(9-11)18-17(12(2)22-23(18)3)19(24)15-8-7-14(20)10-16(15)21/h4-10H,1-3H3. The molecule has 5 heteroatoms. The van der Waals surface area contributed by atoms with E-state index >= 15 is 0 Å². The zero-order valence-electron chi connectivity index (χ0n) is 13.6. The quantitative estimate of drug-likeness (QED) is 0.600. The highest BCUT2D eigenvalue weighted by Gasteiger charge is 2.24. The second kappa shape index (κ2) is 6.42. The average Bonchev–Trinajstić information content (AvgIpc) is 2.81. The lowest BCUT2D eigenvalue weighted by Gasteiger charge is -2.09. The second-order valence-corrected chi connectivity index (χ2v) is 6.60. The molecule has 0 bridgehead atoms. The lowest BCUT2D eigenvalue weighted by Crippen LogP contribution is -2.06. The van der Waals surface area contributed by atoms with Gasteiger partial charge in [0.05, 0.1) is 22.0 Å². The van der Waals surface area contributed by atoms with Crippen LogP contribution in [0.2, 0.25) is 10.0 Å². The Kier molecular flexibility index (Phi) is 4.48. The molecule has 3 rings (SSSR count). The Morgan fingerprint density at radius 2 is 1.83 bits per heavy atom. The van der Waals surface area contributed by atoms with Crippen LogP contribution in [0.1, 0.15) is 27.2 Å². The summed E-state index contributed by atoms with van der Waals surface area (Å²) in [5.41, 5.74) is 4.51. The topological polar surface area (TPSA) is 34.9 Å². The van der Waals surface area contributed by atoms with Gasteiger partial charge in [0.2, 0.25) is 0 Å². The Morgan fingerprint density at radius 1 is 1.08 bits per heavy atom. The van der Waals surface area contributed by atoms with Crippen LogP contribution < -0.4 is 0 Å². The Labute approximate surface area is 150 Å². The molecule has 0 atom stereocenters. The van der Waals surface area contributed by atoms with Crippen LogP contribution in [0.5, 0.6) is 0 Å². The number of aryl methyl sites for hydroxylation is 3. The molecule has 0 N–H and O–H groups in total. The van der Waals surface area contributed by atoms with Crippen molar-refractivity contribution in [1.29, 1.82) is 0 Å². The van der Waals surface area contributed by atoms with Crippen molar-refractivity contribution in [3.05, 3.63) is 74.9 Å². The summed E-state index contributed by atoms with van der Waals surface area (Å²) >= 11 is 12.2. The first-order valence-corrected chi connectivity index (χ1v) is 8.24. The molecule has 2 aromatic carbocycles. The molecule has 0 spiro atoms. The van der Waals surface area contributed by atoms with E-state index in [9.17, 15) is 4.79 Å². The smallest absolute Gasteiger partial charge is 0.198 e. The van der Waals surface area contributed by atoms with Crippen molar-refractivity contribution >= 4 is 29.0 Å². The van der Waals surface area contributed by atoms with E-state index in [-0.39, 0.29) is 5.78 Å². The van der Waals surface area contributed by atoms with E-state index < -0.39 is 0 Å². The summed E-state index contributed by atoms with van der Waals surface area (Å²) in [6, 6.07) is 12.9. The molecule has 0 aliphatic heterocycles. The van der Waals surface area contributed by atoms with Gasteiger partial charge in [-0.3, -0.25) is 9.48 Å². The van der Waals surface area contributed by atoms with Crippen molar-refractivity contribution in [3.8, 4) is 11.3 Å². The number of carbonyl (C=O) groups excluding carboxylic acids is 1. The van der Waals surface area contributed by atoms with Crippen LogP contribution in [-0.4, -0.2) is 15.6 Å². The molecule has 24 heavy (non-hydrogen) atoms. The maximum atomic E-state index is 13.1. The summed E-state index contributed by atoms with van der Waals surface area (Å²) in [6.45, 7) is 3.85. The van der Waals surface area contributed by atoms with E-state index in [1.54, 1.807) is 22.9 Å². The summed E-state index contributed by atoms with van der Waals surface area (Å²) in [5, 5.41) is 5.27. The number of aromatic nitrogens is 2. The molecule has 3 aromatic rings. The maximum Gasteiger partial charge on any atom is 0.198 e. The third-order valence-electron chi connectivity index (χ3n) is 3.92. The van der Waals surface area contributed by atoms with E-state index in [2.05, 4.69) is 5.10 Å². The van der Waals surface area contributed by atoms with Gasteiger partial charge in [0.1, 0.15) is 0 Å². The number of rotatable bonds is 3. The van der Waals surface area contributed by atoms with Crippen molar-refractivity contribution in [2.24, 2.45) is 7.05 Å². The molecule has 122 valence electrons. The minimum absolute atomic E-state index is 0.154. The molecule has 0 saturated heterocycles. The van der Waals surface area contributed by atoms with Crippen molar-refractivity contribution in [2.45, 2.75) is 13.8 Å². The minimum Gasteiger partial charge on any atom is -0.288 e. The Bertz CT molecular complexity index is 945. The fourth-order valence-electron chi connectivity index (χ4n) is 2.86. The van der Waals surface area contributed by atoms with Crippen LogP contribution in [0.15, 0.2) is 42.5 Å². The zero-order chi connectivity index (χ0) is 17.4. The monoisotopic (exact) mass is 358 g/mol. The van der Waals surface area contributed by atoms with Gasteiger partial charge in [-0.05, 0) is 38.1 Å². The van der Waals surface area contributed by atoms with Gasteiger partial charge in [-0.15, -0.1) is 0 Å². The summed E-state index contributed by atoms with van der Waals surface area (Å²) in [4.78, 5) is 13.1. The lowest BCUT2D eigenvalue weighted by molar-refractivity contribution is 0.103. The van der Waals surface area contributed by atoms with Gasteiger partial charge >= 0.3 is 0 Å². The molecule has 0 radical (unpaired) electrons. The molecule has 3 nitrogen and oxygen atoms in total. The van der Waals surface area contributed by atoms with Crippen molar-refractivity contribution in [2.75, 3.05) is 0 Å². The van der Waals surface area contributed by atoms with E-state index in [0.717, 1.165) is 16.8 Å². The van der Waals surface area contributed by atoms with E-state index in [1.807, 2.05) is 45.2 Å². The molecule has 1 heterocycles. The van der Waals surface area contributed by atoms with Crippen LogP contribution in [0, 0.1) is 13.8 Å². The van der Waals surface area contributed by atoms with Gasteiger partial charge in [0, 0.05) is 23.2 Å². The first-order valence-electron chi connectivity index (χ1n) is 7.49. The van der Waals surface area contributed by atoms with E-state index in [1.165, 1.54) is 0 Å². The molecule has 0 saturated carbocycles. The molecule has 1 aromatic heterocycles. The number of halogens is 2. The third-order valence-corrected chi connectivity index (χ3v) is 4.46. The third kappa shape index (κ3) is 2.97. The normalized spacial score (nSPS) is 10.9. The highest BCUT2D eigenvalue weighted by atomic mass is 35.5. The fourth-order valence-corrected chi connectivity index (χ4v) is 3.36. The summed E-state index contributed by atoms with van der Waals surface area (Å²) in [7, 11) is 1.84. The zero-order valence-corrected chi connectivity index (χ0v) is 15.1. The number of nitrogens with zero attached hydrogens (tertiary/aromatic N) is 2. The first kappa shape index (κ1) is 16.7. The van der Waals surface area contributed by atoms with Gasteiger partial charge < -0.3 is 0 Å². The number of hydrogen-bond donors (Lipinski definition) is 0. The molecular weight excluding hydrogens is 343 g/mol. The fraction of sp³-hybridized carbons (Fsp3) is 0.158. The Balaban J connectivity index is 2.20. The van der Waals surface area contributed by atoms with Gasteiger partial charge in [-0.25, -0.2) is 0 Å². The number of benzene rings is 2. The number of carbonyl (C=O) groups is 1. The Hall–Kier alpha value is -2.10. The molecule has 0 aliphatic carbocycles. The molecular formula is C19H16Cl2N2O. The maximum absolute atomic E-state index is 13.1. The highest BCUT2D eigenvalue weighted by Crippen LogP contribution is 2.31. The van der Waals surface area contributed by atoms with Gasteiger partial charge in [0.25, 0.3) is 0 Å². The van der Waals surface area contributed by atoms with Crippen LogP contribution in [0.3, 0.4) is 0 Å². The molecule has 0 fully saturated rings. The largest absolute Gasteiger partial charge is 0.288 e. The number of ketones is 1. The van der Waals surface area contributed by atoms with Crippen molar-refractivity contribution in [3.63, 3.8) is 0 Å². The van der Waals surface area contributed by atoms with Crippen LogP contribution in [0.25, 0.3) is 11.3 Å². The second-order valence-electron chi connectivity index (χ2n) is 5.76. The minimum atomic E-state index is -0.154. The number of hydrogen-bond acceptors (Lipinski definition) is 2. The Morgan fingerprint density at radius 3 is 2.50 bits per heavy atom. The molecule has 0 unspecified atom stereocenters. The summed E-state index contributed by atoms with van der Waals surface area (Å²) in [6.07, 6.45) is 0. The van der Waals surface area contributed by atoms with Crippen LogP contribution in [-0.2, 0) is 7.05 Å². The van der Waals surface area contributed by atoms with Crippen LogP contribution in [0.4, 0.5) is 0 Å². The van der Waals surface area contributed by atoms with Gasteiger partial charge in [0.15, 0.2) is 5.78 Å². The first-order chi connectivity index (χ1) is 11.4. The lowest BCUT2D eigenvalue weighted by atomic mass is 9.97. The summed E-state index contributed by atoms with van der Waals surface area (Å²) < 4.78 is 1.74. The average molecular weight is 359 g/mol. The van der Waals surface area contributed by atoms with Crippen molar-refractivity contribution < 1.29 is 4.79 Å². The van der Waals surface area contributed by atoms with Crippen LogP contribution >= 0.6 is 23.2 Å². The SMILES string of the molecule is Cc1cccc(-c2c(C(=O)c3ccc(Cl)cc3Cl)c(C)nn2C)c1. The van der Waals surface area contributed by atoms with E-state index in [4.69, 9.17) is 23.2 Å². The predicted octanol–water partition coefficient (Wildman–Crippen LogP) is 5.24. The van der Waals surface area contributed by atoms with E-state index in [0.29, 0.717) is 26.9 Å².